The third kappa shape index (κ3) is 3.28. The fourth-order valence-electron chi connectivity index (χ4n) is 6.28. The molecule has 3 nitrogen and oxygen atoms in total. The number of hydrogen-bond acceptors (Lipinski definition) is 3. The van der Waals surface area contributed by atoms with Gasteiger partial charge in [0.1, 0.15) is 11.5 Å². The number of hydrogen-bond donors (Lipinski definition) is 3. The Hall–Kier alpha value is -2.78. The number of aliphatic hydroxyl groups is 1. The SMILES string of the molecule is Cc1cc(O)c2c(c1)[C@H](C(C)C)C(O)c1cc3c(cc1-2)C[C@@H](C(C)C)c1cc(C)cc(O)c1-3. The minimum Gasteiger partial charge on any atom is -0.507 e. The second-order valence-corrected chi connectivity index (χ2v) is 10.9. The van der Waals surface area contributed by atoms with Crippen molar-refractivity contribution in [3.63, 3.8) is 0 Å². The van der Waals surface area contributed by atoms with E-state index in [1.54, 1.807) is 0 Å². The molecule has 3 aromatic rings. The molecule has 1 unspecified atom stereocenters. The van der Waals surface area contributed by atoms with Crippen molar-refractivity contribution in [1.29, 1.82) is 0 Å². The van der Waals surface area contributed by atoms with E-state index in [9.17, 15) is 15.3 Å². The number of phenolic OH excluding ortho intramolecular Hbond substituents is 2. The third-order valence-electron chi connectivity index (χ3n) is 7.78. The Labute approximate surface area is 196 Å². The quantitative estimate of drug-likeness (QED) is 0.395. The molecule has 33 heavy (non-hydrogen) atoms. The number of fused-ring (bicyclic) bond motifs is 6. The summed E-state index contributed by atoms with van der Waals surface area (Å²) in [5, 5.41) is 33.6. The second kappa shape index (κ2) is 7.63. The molecule has 172 valence electrons. The average Bonchev–Trinajstić information content (AvgIpc) is 2.70. The van der Waals surface area contributed by atoms with Crippen molar-refractivity contribution in [2.24, 2.45) is 11.8 Å². The highest BCUT2D eigenvalue weighted by Gasteiger charge is 2.38. The molecule has 2 aliphatic rings. The van der Waals surface area contributed by atoms with Crippen LogP contribution in [0.1, 0.15) is 79.0 Å². The van der Waals surface area contributed by atoms with Crippen LogP contribution in [0.4, 0.5) is 0 Å². The Morgan fingerprint density at radius 1 is 0.697 bits per heavy atom. The predicted octanol–water partition coefficient (Wildman–Crippen LogP) is 7.13. The summed E-state index contributed by atoms with van der Waals surface area (Å²) in [6, 6.07) is 12.2. The zero-order chi connectivity index (χ0) is 23.8. The number of aromatic hydroxyl groups is 2. The van der Waals surface area contributed by atoms with Gasteiger partial charge in [-0.2, -0.15) is 0 Å². The predicted molar refractivity (Wildman–Crippen MR) is 134 cm³/mol. The van der Waals surface area contributed by atoms with Crippen molar-refractivity contribution in [3.8, 4) is 33.8 Å². The molecular formula is C30H34O3. The third-order valence-corrected chi connectivity index (χ3v) is 7.78. The van der Waals surface area contributed by atoms with E-state index in [-0.39, 0.29) is 17.6 Å². The fourth-order valence-corrected chi connectivity index (χ4v) is 6.28. The lowest BCUT2D eigenvalue weighted by Gasteiger charge is -2.38. The first kappa shape index (κ1) is 22.0. The Kier molecular flexibility index (Phi) is 5.10. The van der Waals surface area contributed by atoms with Gasteiger partial charge in [-0.15, -0.1) is 0 Å². The zero-order valence-electron chi connectivity index (χ0n) is 20.4. The monoisotopic (exact) mass is 442 g/mol. The molecule has 0 spiro atoms. The maximum atomic E-state index is 11.6. The van der Waals surface area contributed by atoms with Crippen LogP contribution >= 0.6 is 0 Å². The van der Waals surface area contributed by atoms with Gasteiger partial charge in [-0.3, -0.25) is 0 Å². The van der Waals surface area contributed by atoms with Crippen molar-refractivity contribution in [1.82, 2.24) is 0 Å². The number of rotatable bonds is 2. The molecule has 0 bridgehead atoms. The van der Waals surface area contributed by atoms with E-state index < -0.39 is 6.10 Å². The highest BCUT2D eigenvalue weighted by molar-refractivity contribution is 5.87. The van der Waals surface area contributed by atoms with Gasteiger partial charge in [0.2, 0.25) is 0 Å². The van der Waals surface area contributed by atoms with Crippen LogP contribution in [0.15, 0.2) is 36.4 Å². The fraction of sp³-hybridized carbons (Fsp3) is 0.400. The maximum absolute atomic E-state index is 11.6. The lowest BCUT2D eigenvalue weighted by molar-refractivity contribution is 0.121. The first-order valence-electron chi connectivity index (χ1n) is 12.1. The van der Waals surface area contributed by atoms with Gasteiger partial charge in [0.15, 0.2) is 0 Å². The summed E-state index contributed by atoms with van der Waals surface area (Å²) in [5.41, 5.74) is 9.97. The first-order chi connectivity index (χ1) is 15.6. The number of benzene rings is 3. The van der Waals surface area contributed by atoms with Crippen molar-refractivity contribution in [2.45, 2.75) is 65.9 Å². The first-order valence-corrected chi connectivity index (χ1v) is 12.1. The van der Waals surface area contributed by atoms with Gasteiger partial charge in [-0.1, -0.05) is 39.8 Å². The smallest absolute Gasteiger partial charge is 0.123 e. The van der Waals surface area contributed by atoms with Gasteiger partial charge in [-0.25, -0.2) is 0 Å². The maximum Gasteiger partial charge on any atom is 0.123 e. The van der Waals surface area contributed by atoms with Gasteiger partial charge in [0.25, 0.3) is 0 Å². The van der Waals surface area contributed by atoms with Gasteiger partial charge >= 0.3 is 0 Å². The standard InChI is InChI=1S/C30H34O3/c1-14(2)19-11-18-12-22-23(13-20(18)28-21(19)7-16(5)9-25(28)31)30(33)27(15(3)4)24-8-17(6)10-26(32)29(22)24/h7-10,12-15,19,27,30-33H,11H2,1-6H3/t19-,27-,30?/m0/s1. The normalized spacial score (nSPS) is 20.9. The lowest BCUT2D eigenvalue weighted by atomic mass is 9.68. The van der Waals surface area contributed by atoms with E-state index in [2.05, 4.69) is 52.0 Å². The summed E-state index contributed by atoms with van der Waals surface area (Å²) in [5.74, 6) is 1.42. The van der Waals surface area contributed by atoms with Crippen LogP contribution in [0.25, 0.3) is 22.3 Å². The van der Waals surface area contributed by atoms with Crippen LogP contribution in [-0.2, 0) is 6.42 Å². The van der Waals surface area contributed by atoms with E-state index in [1.165, 1.54) is 11.1 Å². The molecule has 0 aliphatic heterocycles. The van der Waals surface area contributed by atoms with Crippen LogP contribution in [0.5, 0.6) is 11.5 Å². The molecule has 0 radical (unpaired) electrons. The summed E-state index contributed by atoms with van der Waals surface area (Å²) < 4.78 is 0. The number of aryl methyl sites for hydroxylation is 2. The summed E-state index contributed by atoms with van der Waals surface area (Å²) >= 11 is 0. The Morgan fingerprint density at radius 3 is 1.85 bits per heavy atom. The highest BCUT2D eigenvalue weighted by Crippen LogP contribution is 2.55. The van der Waals surface area contributed by atoms with Crippen molar-refractivity contribution in [2.75, 3.05) is 0 Å². The molecule has 2 aliphatic carbocycles. The molecule has 0 saturated carbocycles. The minimum atomic E-state index is -0.669. The summed E-state index contributed by atoms with van der Waals surface area (Å²) in [6.07, 6.45) is 0.208. The molecule has 3 heteroatoms. The van der Waals surface area contributed by atoms with Crippen molar-refractivity contribution < 1.29 is 15.3 Å². The topological polar surface area (TPSA) is 60.7 Å². The van der Waals surface area contributed by atoms with E-state index in [0.717, 1.165) is 50.9 Å². The second-order valence-electron chi connectivity index (χ2n) is 10.9. The van der Waals surface area contributed by atoms with Crippen molar-refractivity contribution in [3.05, 3.63) is 69.8 Å². The largest absolute Gasteiger partial charge is 0.507 e. The van der Waals surface area contributed by atoms with Gasteiger partial charge in [0.05, 0.1) is 6.10 Å². The van der Waals surface area contributed by atoms with E-state index in [4.69, 9.17) is 0 Å². The average molecular weight is 443 g/mol. The van der Waals surface area contributed by atoms with Crippen molar-refractivity contribution >= 4 is 0 Å². The van der Waals surface area contributed by atoms with E-state index in [1.807, 2.05) is 26.0 Å². The molecular weight excluding hydrogens is 408 g/mol. The Bertz CT molecular complexity index is 1270. The van der Waals surface area contributed by atoms with E-state index >= 15 is 0 Å². The van der Waals surface area contributed by atoms with Crippen LogP contribution < -0.4 is 0 Å². The number of phenols is 2. The molecule has 3 N–H and O–H groups in total. The van der Waals surface area contributed by atoms with E-state index in [0.29, 0.717) is 17.6 Å². The molecule has 0 saturated heterocycles. The number of aliphatic hydroxyl groups excluding tert-OH is 1. The van der Waals surface area contributed by atoms with Crippen LogP contribution in [-0.4, -0.2) is 15.3 Å². The van der Waals surface area contributed by atoms with Crippen LogP contribution in [0, 0.1) is 25.7 Å². The van der Waals surface area contributed by atoms with Crippen LogP contribution in [0.2, 0.25) is 0 Å². The minimum absolute atomic E-state index is 0.102. The lowest BCUT2D eigenvalue weighted by Crippen LogP contribution is -2.23. The Morgan fingerprint density at radius 2 is 1.27 bits per heavy atom. The van der Waals surface area contributed by atoms with Crippen LogP contribution in [0.3, 0.4) is 0 Å². The zero-order valence-corrected chi connectivity index (χ0v) is 20.4. The van der Waals surface area contributed by atoms with Gasteiger partial charge in [0, 0.05) is 17.0 Å². The summed E-state index contributed by atoms with van der Waals surface area (Å²) in [6.45, 7) is 12.7. The molecule has 0 amide bonds. The molecule has 3 aromatic carbocycles. The molecule has 0 aromatic heterocycles. The molecule has 0 fully saturated rings. The molecule has 3 atom stereocenters. The summed E-state index contributed by atoms with van der Waals surface area (Å²) in [7, 11) is 0. The van der Waals surface area contributed by atoms with Gasteiger partial charge < -0.3 is 15.3 Å². The Balaban J connectivity index is 1.82. The molecule has 0 heterocycles. The summed E-state index contributed by atoms with van der Waals surface area (Å²) in [4.78, 5) is 0. The molecule has 5 rings (SSSR count). The van der Waals surface area contributed by atoms with Gasteiger partial charge in [-0.05, 0) is 107 Å². The highest BCUT2D eigenvalue weighted by atomic mass is 16.3.